The number of benzene rings is 2. The van der Waals surface area contributed by atoms with Crippen LogP contribution in [0.4, 0.5) is 0 Å². The van der Waals surface area contributed by atoms with E-state index < -0.39 is 0 Å². The normalized spacial score (nSPS) is 14.8. The molecule has 1 N–H and O–H groups in total. The summed E-state index contributed by atoms with van der Waals surface area (Å²) in [7, 11) is 2.07. The first-order valence-electron chi connectivity index (χ1n) is 9.74. The molecular formula is C23H24N4O2. The lowest BCUT2D eigenvalue weighted by Gasteiger charge is -2.32. The molecule has 6 heteroatoms. The van der Waals surface area contributed by atoms with Crippen molar-refractivity contribution in [2.45, 2.75) is 6.61 Å². The Balaban J connectivity index is 1.59. The molecule has 0 aliphatic carbocycles. The van der Waals surface area contributed by atoms with Crippen molar-refractivity contribution in [2.75, 3.05) is 33.2 Å². The molecule has 1 aromatic heterocycles. The number of amides is 1. The van der Waals surface area contributed by atoms with Gasteiger partial charge in [0.1, 0.15) is 0 Å². The summed E-state index contributed by atoms with van der Waals surface area (Å²) in [6.45, 7) is 3.31. The van der Waals surface area contributed by atoms with Crippen molar-refractivity contribution in [1.82, 2.24) is 19.8 Å². The standard InChI is InChI=1S/C23H24N4O2/c1-26-9-11-27(12-10-26)23(29)20-4-2-3-19(13-20)22-15-24-14-21(25-22)18-7-5-17(16-28)6-8-18/h2-8,13-15,28H,9-12,16H2,1H3. The quantitative estimate of drug-likeness (QED) is 0.744. The highest BCUT2D eigenvalue weighted by Crippen LogP contribution is 2.23. The zero-order valence-electron chi connectivity index (χ0n) is 16.5. The summed E-state index contributed by atoms with van der Waals surface area (Å²) < 4.78 is 0. The molecule has 0 saturated carbocycles. The molecule has 4 rings (SSSR count). The van der Waals surface area contributed by atoms with E-state index in [1.54, 1.807) is 12.4 Å². The van der Waals surface area contributed by atoms with Gasteiger partial charge in [0.15, 0.2) is 0 Å². The Morgan fingerprint density at radius 3 is 2.34 bits per heavy atom. The summed E-state index contributed by atoms with van der Waals surface area (Å²) in [6.07, 6.45) is 3.43. The van der Waals surface area contributed by atoms with E-state index in [2.05, 4.69) is 16.9 Å². The largest absolute Gasteiger partial charge is 0.392 e. The summed E-state index contributed by atoms with van der Waals surface area (Å²) in [5.74, 6) is 0.0589. The van der Waals surface area contributed by atoms with Crippen LogP contribution in [0.1, 0.15) is 15.9 Å². The summed E-state index contributed by atoms with van der Waals surface area (Å²) in [6, 6.07) is 15.2. The molecule has 0 atom stereocenters. The molecule has 1 saturated heterocycles. The number of likely N-dealkylation sites (N-methyl/N-ethyl adjacent to an activating group) is 1. The minimum absolute atomic E-state index is 0.0140. The summed E-state index contributed by atoms with van der Waals surface area (Å²) in [4.78, 5) is 26.1. The Morgan fingerprint density at radius 1 is 0.966 bits per heavy atom. The number of carbonyl (C=O) groups excluding carboxylic acids is 1. The maximum absolute atomic E-state index is 12.9. The van der Waals surface area contributed by atoms with Gasteiger partial charge in [-0.1, -0.05) is 36.4 Å². The predicted octanol–water partition coefficient (Wildman–Crippen LogP) is 2.69. The van der Waals surface area contributed by atoms with Crippen molar-refractivity contribution < 1.29 is 9.90 Å². The topological polar surface area (TPSA) is 69.6 Å². The Kier molecular flexibility index (Phi) is 5.64. The van der Waals surface area contributed by atoms with E-state index in [0.29, 0.717) is 5.56 Å². The van der Waals surface area contributed by atoms with Crippen LogP contribution in [0.2, 0.25) is 0 Å². The lowest BCUT2D eigenvalue weighted by atomic mass is 10.1. The van der Waals surface area contributed by atoms with Crippen LogP contribution >= 0.6 is 0 Å². The average molecular weight is 388 g/mol. The maximum Gasteiger partial charge on any atom is 0.253 e. The summed E-state index contributed by atoms with van der Waals surface area (Å²) in [5.41, 5.74) is 4.80. The number of aliphatic hydroxyl groups excluding tert-OH is 1. The number of hydrogen-bond donors (Lipinski definition) is 1. The van der Waals surface area contributed by atoms with Crippen LogP contribution in [0.3, 0.4) is 0 Å². The van der Waals surface area contributed by atoms with E-state index in [9.17, 15) is 9.90 Å². The third-order valence-electron chi connectivity index (χ3n) is 5.26. The van der Waals surface area contributed by atoms with Gasteiger partial charge >= 0.3 is 0 Å². The lowest BCUT2D eigenvalue weighted by molar-refractivity contribution is 0.0664. The summed E-state index contributed by atoms with van der Waals surface area (Å²) >= 11 is 0. The van der Waals surface area contributed by atoms with Crippen LogP contribution in [0.15, 0.2) is 60.9 Å². The average Bonchev–Trinajstić information content (AvgIpc) is 2.79. The van der Waals surface area contributed by atoms with Crippen LogP contribution in [0, 0.1) is 0 Å². The van der Waals surface area contributed by atoms with Crippen LogP contribution in [-0.2, 0) is 6.61 Å². The zero-order valence-corrected chi connectivity index (χ0v) is 16.5. The fraction of sp³-hybridized carbons (Fsp3) is 0.261. The third kappa shape index (κ3) is 4.34. The van der Waals surface area contributed by atoms with E-state index >= 15 is 0 Å². The Morgan fingerprint density at radius 2 is 1.66 bits per heavy atom. The highest BCUT2D eigenvalue weighted by Gasteiger charge is 2.20. The molecule has 1 amide bonds. The first-order valence-corrected chi connectivity index (χ1v) is 9.74. The van der Waals surface area contributed by atoms with Gasteiger partial charge < -0.3 is 14.9 Å². The fourth-order valence-corrected chi connectivity index (χ4v) is 3.43. The second-order valence-electron chi connectivity index (χ2n) is 7.32. The van der Waals surface area contributed by atoms with Gasteiger partial charge in [-0.05, 0) is 24.7 Å². The first-order chi connectivity index (χ1) is 14.1. The molecule has 0 unspecified atom stereocenters. The second-order valence-corrected chi connectivity index (χ2v) is 7.32. The number of aromatic nitrogens is 2. The minimum Gasteiger partial charge on any atom is -0.392 e. The maximum atomic E-state index is 12.9. The number of rotatable bonds is 4. The molecule has 1 aliphatic rings. The van der Waals surface area contributed by atoms with Gasteiger partial charge in [-0.15, -0.1) is 0 Å². The smallest absolute Gasteiger partial charge is 0.253 e. The predicted molar refractivity (Wildman–Crippen MR) is 112 cm³/mol. The number of carbonyl (C=O) groups is 1. The minimum atomic E-state index is 0.0140. The van der Waals surface area contributed by atoms with Gasteiger partial charge in [0.25, 0.3) is 5.91 Å². The Labute approximate surface area is 170 Å². The van der Waals surface area contributed by atoms with Gasteiger partial charge in [0.05, 0.1) is 30.4 Å². The highest BCUT2D eigenvalue weighted by atomic mass is 16.3. The lowest BCUT2D eigenvalue weighted by Crippen LogP contribution is -2.47. The molecule has 1 aliphatic heterocycles. The van der Waals surface area contributed by atoms with Crippen molar-refractivity contribution in [1.29, 1.82) is 0 Å². The molecule has 29 heavy (non-hydrogen) atoms. The van der Waals surface area contributed by atoms with Crippen molar-refractivity contribution in [3.8, 4) is 22.5 Å². The molecule has 148 valence electrons. The second kappa shape index (κ2) is 8.51. The van der Waals surface area contributed by atoms with Gasteiger partial charge in [-0.2, -0.15) is 0 Å². The summed E-state index contributed by atoms with van der Waals surface area (Å²) in [5, 5.41) is 9.21. The van der Waals surface area contributed by atoms with Crippen LogP contribution in [0.25, 0.3) is 22.5 Å². The van der Waals surface area contributed by atoms with Crippen molar-refractivity contribution >= 4 is 5.91 Å². The third-order valence-corrected chi connectivity index (χ3v) is 5.26. The van der Waals surface area contributed by atoms with E-state index in [4.69, 9.17) is 4.98 Å². The molecule has 6 nitrogen and oxygen atoms in total. The monoisotopic (exact) mass is 388 g/mol. The van der Waals surface area contributed by atoms with Crippen molar-refractivity contribution in [3.63, 3.8) is 0 Å². The van der Waals surface area contributed by atoms with Gasteiger partial charge in [-0.3, -0.25) is 9.78 Å². The number of hydrogen-bond acceptors (Lipinski definition) is 5. The molecular weight excluding hydrogens is 364 g/mol. The van der Waals surface area contributed by atoms with Crippen LogP contribution < -0.4 is 0 Å². The number of nitrogens with zero attached hydrogens (tertiary/aromatic N) is 4. The van der Waals surface area contributed by atoms with E-state index in [0.717, 1.165) is 54.3 Å². The van der Waals surface area contributed by atoms with Gasteiger partial charge in [0.2, 0.25) is 0 Å². The Hall–Kier alpha value is -3.09. The van der Waals surface area contributed by atoms with Crippen LogP contribution in [-0.4, -0.2) is 64.0 Å². The number of aliphatic hydroxyl groups is 1. The van der Waals surface area contributed by atoms with Gasteiger partial charge in [-0.25, -0.2) is 4.98 Å². The molecule has 2 aromatic carbocycles. The molecule has 0 radical (unpaired) electrons. The molecule has 0 bridgehead atoms. The first kappa shape index (κ1) is 19.2. The van der Waals surface area contributed by atoms with Crippen molar-refractivity contribution in [3.05, 3.63) is 72.1 Å². The zero-order chi connectivity index (χ0) is 20.2. The molecule has 0 spiro atoms. The Bertz CT molecular complexity index is 996. The molecule has 1 fully saturated rings. The SMILES string of the molecule is CN1CCN(C(=O)c2cccc(-c3cncc(-c4ccc(CO)cc4)n3)c2)CC1. The molecule has 2 heterocycles. The van der Waals surface area contributed by atoms with Crippen molar-refractivity contribution in [2.24, 2.45) is 0 Å². The molecule has 3 aromatic rings. The van der Waals surface area contributed by atoms with E-state index in [1.165, 1.54) is 0 Å². The highest BCUT2D eigenvalue weighted by molar-refractivity contribution is 5.95. The van der Waals surface area contributed by atoms with Crippen LogP contribution in [0.5, 0.6) is 0 Å². The van der Waals surface area contributed by atoms with E-state index in [1.807, 2.05) is 53.4 Å². The van der Waals surface area contributed by atoms with Gasteiger partial charge in [0, 0.05) is 42.9 Å². The number of piperazine rings is 1. The van der Waals surface area contributed by atoms with E-state index in [-0.39, 0.29) is 12.5 Å². The fourth-order valence-electron chi connectivity index (χ4n) is 3.43.